The Morgan fingerprint density at radius 2 is 2.06 bits per heavy atom. The summed E-state index contributed by atoms with van der Waals surface area (Å²) in [5, 5.41) is 20.3. The molecular weight excluding hydrogens is 434 g/mol. The second kappa shape index (κ2) is 8.79. The van der Waals surface area contributed by atoms with Crippen LogP contribution in [0.3, 0.4) is 0 Å². The summed E-state index contributed by atoms with van der Waals surface area (Å²) < 4.78 is 12.0. The first-order valence-corrected chi connectivity index (χ1v) is 10.9. The van der Waals surface area contributed by atoms with E-state index in [1.807, 2.05) is 6.07 Å². The van der Waals surface area contributed by atoms with E-state index in [1.54, 1.807) is 31.4 Å². The summed E-state index contributed by atoms with van der Waals surface area (Å²) in [6.07, 6.45) is 0.726. The van der Waals surface area contributed by atoms with E-state index in [1.165, 1.54) is 41.8 Å². The number of carbonyl (C=O) groups excluding carboxylic acids is 1. The second-order valence-electron chi connectivity index (χ2n) is 6.74. The molecule has 11 heteroatoms. The average Bonchev–Trinajstić information content (AvgIpc) is 2.93. The van der Waals surface area contributed by atoms with Crippen LogP contribution in [0.1, 0.15) is 25.6 Å². The molecule has 0 saturated heterocycles. The average molecular weight is 453 g/mol. The molecule has 1 aliphatic heterocycles. The third-order valence-electron chi connectivity index (χ3n) is 4.80. The maximum atomic E-state index is 12.9. The van der Waals surface area contributed by atoms with Gasteiger partial charge in [0.15, 0.2) is 5.69 Å². The molecule has 1 aromatic heterocycles. The van der Waals surface area contributed by atoms with Crippen LogP contribution in [0.2, 0.25) is 0 Å². The molecule has 0 N–H and O–H groups in total. The molecular formula is C21H19N5O5S. The van der Waals surface area contributed by atoms with Crippen molar-refractivity contribution in [1.29, 1.82) is 0 Å². The highest BCUT2D eigenvalue weighted by atomic mass is 32.2. The SMILES string of the molecule is CCOc1ccc([N+](=O)[O-])cc1C1Oc2nc(SC)nnc2-c2ccccc2N1C(C)=O. The van der Waals surface area contributed by atoms with Gasteiger partial charge in [0.05, 0.1) is 22.8 Å². The number of fused-ring (bicyclic) bond motifs is 3. The van der Waals surface area contributed by atoms with Gasteiger partial charge < -0.3 is 9.47 Å². The van der Waals surface area contributed by atoms with Crippen molar-refractivity contribution in [2.24, 2.45) is 0 Å². The number of aromatic nitrogens is 3. The van der Waals surface area contributed by atoms with Crippen LogP contribution in [0, 0.1) is 10.1 Å². The topological polar surface area (TPSA) is 121 Å². The summed E-state index contributed by atoms with van der Waals surface area (Å²) in [6, 6.07) is 11.3. The van der Waals surface area contributed by atoms with E-state index in [0.717, 1.165) is 0 Å². The Labute approximate surface area is 187 Å². The molecule has 3 aromatic rings. The van der Waals surface area contributed by atoms with Crippen LogP contribution in [0.25, 0.3) is 11.3 Å². The summed E-state index contributed by atoms with van der Waals surface area (Å²) >= 11 is 1.29. The van der Waals surface area contributed by atoms with Gasteiger partial charge in [-0.2, -0.15) is 4.98 Å². The molecule has 1 atom stereocenters. The van der Waals surface area contributed by atoms with E-state index in [2.05, 4.69) is 15.2 Å². The van der Waals surface area contributed by atoms with Crippen molar-refractivity contribution in [2.45, 2.75) is 25.2 Å². The zero-order valence-corrected chi connectivity index (χ0v) is 18.3. The maximum Gasteiger partial charge on any atom is 0.270 e. The Hall–Kier alpha value is -3.73. The highest BCUT2D eigenvalue weighted by Crippen LogP contribution is 2.45. The number of hydrogen-bond acceptors (Lipinski definition) is 9. The van der Waals surface area contributed by atoms with Gasteiger partial charge in [-0.05, 0) is 25.3 Å². The lowest BCUT2D eigenvalue weighted by molar-refractivity contribution is -0.385. The van der Waals surface area contributed by atoms with Crippen LogP contribution in [0.5, 0.6) is 11.6 Å². The number of nitrogens with zero attached hydrogens (tertiary/aromatic N) is 5. The zero-order valence-electron chi connectivity index (χ0n) is 17.5. The third-order valence-corrected chi connectivity index (χ3v) is 5.34. The molecule has 1 unspecified atom stereocenters. The van der Waals surface area contributed by atoms with Crippen LogP contribution in [0.4, 0.5) is 11.4 Å². The molecule has 32 heavy (non-hydrogen) atoms. The monoisotopic (exact) mass is 453 g/mol. The molecule has 2 heterocycles. The van der Waals surface area contributed by atoms with Gasteiger partial charge in [0.25, 0.3) is 5.69 Å². The predicted molar refractivity (Wildman–Crippen MR) is 118 cm³/mol. The highest BCUT2D eigenvalue weighted by Gasteiger charge is 2.36. The van der Waals surface area contributed by atoms with E-state index < -0.39 is 11.2 Å². The summed E-state index contributed by atoms with van der Waals surface area (Å²) in [6.45, 7) is 3.52. The molecule has 0 aliphatic carbocycles. The van der Waals surface area contributed by atoms with Crippen molar-refractivity contribution in [1.82, 2.24) is 15.2 Å². The number of benzene rings is 2. The minimum absolute atomic E-state index is 0.154. The number of nitro groups is 1. The van der Waals surface area contributed by atoms with Crippen molar-refractivity contribution in [3.63, 3.8) is 0 Å². The summed E-state index contributed by atoms with van der Waals surface area (Å²) in [4.78, 5) is 29.7. The number of para-hydroxylation sites is 1. The van der Waals surface area contributed by atoms with E-state index in [4.69, 9.17) is 9.47 Å². The lowest BCUT2D eigenvalue weighted by atomic mass is 10.1. The molecule has 1 aliphatic rings. The van der Waals surface area contributed by atoms with E-state index in [0.29, 0.717) is 40.0 Å². The van der Waals surface area contributed by atoms with Crippen LogP contribution < -0.4 is 14.4 Å². The molecule has 164 valence electrons. The zero-order chi connectivity index (χ0) is 22.8. The highest BCUT2D eigenvalue weighted by molar-refractivity contribution is 7.98. The van der Waals surface area contributed by atoms with Crippen LogP contribution in [0.15, 0.2) is 47.6 Å². The number of non-ortho nitro benzene ring substituents is 1. The van der Waals surface area contributed by atoms with Crippen LogP contribution in [-0.2, 0) is 4.79 Å². The Kier molecular flexibility index (Phi) is 5.91. The summed E-state index contributed by atoms with van der Waals surface area (Å²) in [7, 11) is 0. The summed E-state index contributed by atoms with van der Waals surface area (Å²) in [5.74, 6) is 0.198. The van der Waals surface area contributed by atoms with Crippen LogP contribution in [-0.4, -0.2) is 38.9 Å². The first kappa shape index (κ1) is 21.5. The van der Waals surface area contributed by atoms with Gasteiger partial charge in [-0.1, -0.05) is 30.0 Å². The smallest absolute Gasteiger partial charge is 0.270 e. The fourth-order valence-corrected chi connectivity index (χ4v) is 3.77. The Morgan fingerprint density at radius 1 is 1.28 bits per heavy atom. The molecule has 1 amide bonds. The number of anilines is 1. The van der Waals surface area contributed by atoms with Crippen molar-refractivity contribution in [3.8, 4) is 22.9 Å². The van der Waals surface area contributed by atoms with Crippen LogP contribution >= 0.6 is 11.8 Å². The van der Waals surface area contributed by atoms with E-state index >= 15 is 0 Å². The fourth-order valence-electron chi connectivity index (χ4n) is 3.47. The number of ether oxygens (including phenoxy) is 2. The Balaban J connectivity index is 2.00. The van der Waals surface area contributed by atoms with Gasteiger partial charge in [0, 0.05) is 24.6 Å². The molecule has 0 radical (unpaired) electrons. The standard InChI is InChI=1S/C21H19N5O5S/c1-4-30-17-10-9-13(26(28)29)11-15(17)20-25(12(2)27)16-8-6-5-7-14(16)18-19(31-20)22-21(32-3)24-23-18/h5-11,20H,4H2,1-3H3. The number of hydrogen-bond donors (Lipinski definition) is 0. The number of nitro benzene ring substituents is 1. The lowest BCUT2D eigenvalue weighted by Crippen LogP contribution is -2.36. The largest absolute Gasteiger partial charge is 0.493 e. The molecule has 0 saturated carbocycles. The Morgan fingerprint density at radius 3 is 2.75 bits per heavy atom. The first-order valence-electron chi connectivity index (χ1n) is 9.70. The number of thioether (sulfide) groups is 1. The second-order valence-corrected chi connectivity index (χ2v) is 7.51. The van der Waals surface area contributed by atoms with Gasteiger partial charge >= 0.3 is 0 Å². The molecule has 0 fully saturated rings. The maximum absolute atomic E-state index is 12.9. The molecule has 2 aromatic carbocycles. The normalized spacial score (nSPS) is 14.6. The Bertz CT molecular complexity index is 1200. The predicted octanol–water partition coefficient (Wildman–Crippen LogP) is 4.01. The lowest BCUT2D eigenvalue weighted by Gasteiger charge is -2.30. The van der Waals surface area contributed by atoms with Gasteiger partial charge in [-0.15, -0.1) is 10.2 Å². The van der Waals surface area contributed by atoms with Crippen molar-refractivity contribution < 1.29 is 19.2 Å². The van der Waals surface area contributed by atoms with Crippen molar-refractivity contribution >= 4 is 29.0 Å². The minimum Gasteiger partial charge on any atom is -0.493 e. The number of carbonyl (C=O) groups is 1. The van der Waals surface area contributed by atoms with Crippen molar-refractivity contribution in [2.75, 3.05) is 17.8 Å². The summed E-state index contributed by atoms with van der Waals surface area (Å²) in [5.41, 5.74) is 1.67. The van der Waals surface area contributed by atoms with E-state index in [9.17, 15) is 14.9 Å². The fraction of sp³-hybridized carbons (Fsp3) is 0.238. The minimum atomic E-state index is -1.08. The molecule has 4 rings (SSSR count). The van der Waals surface area contributed by atoms with Gasteiger partial charge in [0.2, 0.25) is 23.2 Å². The number of amides is 1. The molecule has 0 spiro atoms. The first-order chi connectivity index (χ1) is 15.4. The van der Waals surface area contributed by atoms with Gasteiger partial charge in [-0.3, -0.25) is 19.8 Å². The van der Waals surface area contributed by atoms with E-state index in [-0.39, 0.29) is 17.5 Å². The van der Waals surface area contributed by atoms with Crippen molar-refractivity contribution in [3.05, 3.63) is 58.1 Å². The molecule has 0 bridgehead atoms. The van der Waals surface area contributed by atoms with Gasteiger partial charge in [-0.25, -0.2) is 0 Å². The number of rotatable bonds is 5. The molecule has 10 nitrogen and oxygen atoms in total. The quantitative estimate of drug-likeness (QED) is 0.320. The third kappa shape index (κ3) is 3.82. The van der Waals surface area contributed by atoms with Gasteiger partial charge in [0.1, 0.15) is 5.75 Å².